The number of carbonyl (C=O) groups is 1. The van der Waals surface area contributed by atoms with E-state index in [1.165, 1.54) is 11.3 Å². The molecular formula is C25H27N3O2S. The first kappa shape index (κ1) is 20.1. The lowest BCUT2D eigenvalue weighted by Gasteiger charge is -2.34. The van der Waals surface area contributed by atoms with Gasteiger partial charge in [-0.1, -0.05) is 24.3 Å². The summed E-state index contributed by atoms with van der Waals surface area (Å²) in [6.07, 6.45) is 3.27. The van der Waals surface area contributed by atoms with Gasteiger partial charge in [0.2, 0.25) is 0 Å². The molecule has 0 bridgehead atoms. The lowest BCUT2D eigenvalue weighted by molar-refractivity contribution is 0.0692. The molecule has 3 heterocycles. The number of ether oxygens (including phenoxy) is 1. The third-order valence-electron chi connectivity index (χ3n) is 6.31. The fourth-order valence-corrected chi connectivity index (χ4v) is 5.14. The van der Waals surface area contributed by atoms with Crippen LogP contribution in [0.15, 0.2) is 59.4 Å². The summed E-state index contributed by atoms with van der Waals surface area (Å²) in [5, 5.41) is 1.97. The van der Waals surface area contributed by atoms with E-state index in [4.69, 9.17) is 4.74 Å². The van der Waals surface area contributed by atoms with Crippen molar-refractivity contribution in [2.75, 3.05) is 31.1 Å². The van der Waals surface area contributed by atoms with Crippen LogP contribution in [-0.2, 0) is 13.0 Å². The second kappa shape index (κ2) is 9.10. The number of thiazole rings is 1. The van der Waals surface area contributed by atoms with Crippen LogP contribution >= 0.6 is 11.3 Å². The number of amides is 1. The van der Waals surface area contributed by atoms with Crippen molar-refractivity contribution in [3.05, 3.63) is 76.2 Å². The summed E-state index contributed by atoms with van der Waals surface area (Å²) < 4.78 is 5.82. The highest BCUT2D eigenvalue weighted by Gasteiger charge is 2.27. The molecule has 1 aromatic heterocycles. The molecule has 0 atom stereocenters. The number of nitrogens with zero attached hydrogens (tertiary/aromatic N) is 3. The highest BCUT2D eigenvalue weighted by Crippen LogP contribution is 2.30. The van der Waals surface area contributed by atoms with Crippen molar-refractivity contribution in [1.82, 2.24) is 9.88 Å². The molecule has 0 N–H and O–H groups in total. The van der Waals surface area contributed by atoms with Crippen molar-refractivity contribution in [2.45, 2.75) is 25.9 Å². The maximum absolute atomic E-state index is 13.0. The zero-order valence-corrected chi connectivity index (χ0v) is 18.4. The first-order valence-electron chi connectivity index (χ1n) is 11.0. The Morgan fingerprint density at radius 1 is 1.10 bits per heavy atom. The van der Waals surface area contributed by atoms with Gasteiger partial charge in [0, 0.05) is 42.8 Å². The van der Waals surface area contributed by atoms with Crippen LogP contribution in [0, 0.1) is 5.92 Å². The van der Waals surface area contributed by atoms with Crippen molar-refractivity contribution in [2.24, 2.45) is 5.92 Å². The van der Waals surface area contributed by atoms with Gasteiger partial charge in [0.25, 0.3) is 5.91 Å². The summed E-state index contributed by atoms with van der Waals surface area (Å²) in [6.45, 7) is 4.28. The molecule has 0 radical (unpaired) electrons. The highest BCUT2D eigenvalue weighted by atomic mass is 32.1. The maximum Gasteiger partial charge on any atom is 0.253 e. The van der Waals surface area contributed by atoms with E-state index in [0.29, 0.717) is 23.8 Å². The van der Waals surface area contributed by atoms with Crippen LogP contribution in [0.3, 0.4) is 0 Å². The average Bonchev–Trinajstić information content (AvgIpc) is 3.48. The highest BCUT2D eigenvalue weighted by molar-refractivity contribution is 7.07. The fourth-order valence-electron chi connectivity index (χ4n) is 4.59. The first-order chi connectivity index (χ1) is 15.3. The third kappa shape index (κ3) is 4.59. The summed E-state index contributed by atoms with van der Waals surface area (Å²) in [7, 11) is 0. The average molecular weight is 434 g/mol. The zero-order valence-electron chi connectivity index (χ0n) is 17.6. The number of carbonyl (C=O) groups excluding carboxylic acids is 1. The number of rotatable bonds is 6. The number of para-hydroxylation sites is 1. The number of anilines is 1. The largest absolute Gasteiger partial charge is 0.487 e. The molecule has 1 fully saturated rings. The Kier molecular flexibility index (Phi) is 5.89. The van der Waals surface area contributed by atoms with Gasteiger partial charge in [-0.05, 0) is 55.0 Å². The molecule has 2 aliphatic heterocycles. The summed E-state index contributed by atoms with van der Waals surface area (Å²) >= 11 is 1.55. The molecule has 0 spiro atoms. The van der Waals surface area contributed by atoms with Crippen molar-refractivity contribution >= 4 is 22.9 Å². The van der Waals surface area contributed by atoms with Gasteiger partial charge in [0.05, 0.1) is 11.2 Å². The molecule has 5 rings (SSSR count). The molecule has 0 saturated carbocycles. The minimum Gasteiger partial charge on any atom is -0.487 e. The Labute approximate surface area is 187 Å². The van der Waals surface area contributed by atoms with Crippen LogP contribution in [0.5, 0.6) is 5.75 Å². The second-order valence-corrected chi connectivity index (χ2v) is 9.08. The molecule has 3 aromatic rings. The number of fused-ring (bicyclic) bond motifs is 1. The SMILES string of the molecule is O=C(c1cccc(OCc2cscn2)c1)N1CCC(CN2CCc3ccccc32)CC1. The van der Waals surface area contributed by atoms with Crippen LogP contribution in [-0.4, -0.2) is 42.0 Å². The van der Waals surface area contributed by atoms with E-state index in [1.54, 1.807) is 16.8 Å². The molecule has 1 amide bonds. The minimum absolute atomic E-state index is 0.101. The minimum atomic E-state index is 0.101. The summed E-state index contributed by atoms with van der Waals surface area (Å²) in [4.78, 5) is 21.8. The Bertz CT molecular complexity index is 1030. The van der Waals surface area contributed by atoms with E-state index in [0.717, 1.165) is 51.1 Å². The van der Waals surface area contributed by atoms with Crippen LogP contribution < -0.4 is 9.64 Å². The molecule has 5 nitrogen and oxygen atoms in total. The monoisotopic (exact) mass is 433 g/mol. The predicted octanol–water partition coefficient (Wildman–Crippen LogP) is 4.64. The zero-order chi connectivity index (χ0) is 21.0. The first-order valence-corrected chi connectivity index (χ1v) is 11.9. The van der Waals surface area contributed by atoms with Gasteiger partial charge >= 0.3 is 0 Å². The van der Waals surface area contributed by atoms with Crippen LogP contribution in [0.25, 0.3) is 0 Å². The van der Waals surface area contributed by atoms with Crippen molar-refractivity contribution in [3.8, 4) is 5.75 Å². The summed E-state index contributed by atoms with van der Waals surface area (Å²) in [5.74, 6) is 1.45. The number of hydrogen-bond donors (Lipinski definition) is 0. The van der Waals surface area contributed by atoms with Gasteiger partial charge in [-0.2, -0.15) is 0 Å². The van der Waals surface area contributed by atoms with E-state index < -0.39 is 0 Å². The Morgan fingerprint density at radius 2 is 1.97 bits per heavy atom. The van der Waals surface area contributed by atoms with E-state index >= 15 is 0 Å². The van der Waals surface area contributed by atoms with Crippen LogP contribution in [0.1, 0.15) is 34.5 Å². The quantitative estimate of drug-likeness (QED) is 0.568. The molecule has 2 aromatic carbocycles. The Hall–Kier alpha value is -2.86. The molecule has 0 unspecified atom stereocenters. The van der Waals surface area contributed by atoms with Gasteiger partial charge in [-0.25, -0.2) is 4.98 Å². The summed E-state index contributed by atoms with van der Waals surface area (Å²) in [5.41, 5.74) is 6.26. The second-order valence-electron chi connectivity index (χ2n) is 8.36. The van der Waals surface area contributed by atoms with Crippen molar-refractivity contribution < 1.29 is 9.53 Å². The molecule has 0 aliphatic carbocycles. The predicted molar refractivity (Wildman–Crippen MR) is 124 cm³/mol. The lowest BCUT2D eigenvalue weighted by atomic mass is 9.95. The molecular weight excluding hydrogens is 406 g/mol. The van der Waals surface area contributed by atoms with Crippen LogP contribution in [0.4, 0.5) is 5.69 Å². The standard InChI is InChI=1S/C25H27N3O2S/c29-25(21-5-3-6-23(14-21)30-16-22-17-31-18-26-22)27-11-8-19(9-12-27)15-28-13-10-20-4-1-2-7-24(20)28/h1-7,14,17-19H,8-13,15-16H2. The maximum atomic E-state index is 13.0. The van der Waals surface area contributed by atoms with Gasteiger partial charge in [0.15, 0.2) is 0 Å². The number of benzene rings is 2. The molecule has 2 aliphatic rings. The van der Waals surface area contributed by atoms with Gasteiger partial charge in [-0.3, -0.25) is 4.79 Å². The smallest absolute Gasteiger partial charge is 0.253 e. The third-order valence-corrected chi connectivity index (χ3v) is 6.95. The Morgan fingerprint density at radius 3 is 2.81 bits per heavy atom. The van der Waals surface area contributed by atoms with E-state index in [2.05, 4.69) is 34.1 Å². The van der Waals surface area contributed by atoms with Gasteiger partial charge in [-0.15, -0.1) is 11.3 Å². The van der Waals surface area contributed by atoms with E-state index in [9.17, 15) is 4.79 Å². The van der Waals surface area contributed by atoms with Crippen LogP contribution in [0.2, 0.25) is 0 Å². The summed E-state index contributed by atoms with van der Waals surface area (Å²) in [6, 6.07) is 16.3. The molecule has 6 heteroatoms. The number of hydrogen-bond acceptors (Lipinski definition) is 5. The van der Waals surface area contributed by atoms with Gasteiger partial charge < -0.3 is 14.5 Å². The number of aromatic nitrogens is 1. The number of piperidine rings is 1. The van der Waals surface area contributed by atoms with E-state index in [-0.39, 0.29) is 5.91 Å². The molecule has 1 saturated heterocycles. The molecule has 160 valence electrons. The lowest BCUT2D eigenvalue weighted by Crippen LogP contribution is -2.41. The number of likely N-dealkylation sites (tertiary alicyclic amines) is 1. The normalized spacial score (nSPS) is 16.4. The Balaban J connectivity index is 1.15. The fraction of sp³-hybridized carbons (Fsp3) is 0.360. The topological polar surface area (TPSA) is 45.7 Å². The van der Waals surface area contributed by atoms with E-state index in [1.807, 2.05) is 34.5 Å². The molecule has 31 heavy (non-hydrogen) atoms. The van der Waals surface area contributed by atoms with Crippen molar-refractivity contribution in [1.29, 1.82) is 0 Å². The van der Waals surface area contributed by atoms with Crippen molar-refractivity contribution in [3.63, 3.8) is 0 Å². The van der Waals surface area contributed by atoms with Gasteiger partial charge in [0.1, 0.15) is 12.4 Å².